The summed E-state index contributed by atoms with van der Waals surface area (Å²) in [6, 6.07) is 8.05. The zero-order valence-electron chi connectivity index (χ0n) is 14.1. The Morgan fingerprint density at radius 3 is 2.54 bits per heavy atom. The molecule has 2 N–H and O–H groups in total. The molecule has 2 rings (SSSR count). The molecule has 2 aromatic rings. The third kappa shape index (κ3) is 5.86. The first kappa shape index (κ1) is 18.8. The van der Waals surface area contributed by atoms with E-state index in [-0.39, 0.29) is 24.2 Å². The predicted molar refractivity (Wildman–Crippen MR) is 92.5 cm³/mol. The lowest BCUT2D eigenvalue weighted by Gasteiger charge is -2.10. The van der Waals surface area contributed by atoms with Gasteiger partial charge in [-0.1, -0.05) is 12.1 Å². The second-order valence-corrected chi connectivity index (χ2v) is 5.00. The molecule has 0 aliphatic heterocycles. The van der Waals surface area contributed by atoms with Gasteiger partial charge in [0.05, 0.1) is 24.8 Å². The van der Waals surface area contributed by atoms with Crippen LogP contribution in [0, 0.1) is 0 Å². The van der Waals surface area contributed by atoms with Gasteiger partial charge in [0, 0.05) is 18.9 Å². The van der Waals surface area contributed by atoms with Crippen LogP contribution in [0.5, 0.6) is 0 Å². The number of rotatable bonds is 8. The van der Waals surface area contributed by atoms with Crippen LogP contribution < -0.4 is 10.6 Å². The highest BCUT2D eigenvalue weighted by Crippen LogP contribution is 2.15. The van der Waals surface area contributed by atoms with Gasteiger partial charge >= 0.3 is 11.9 Å². The summed E-state index contributed by atoms with van der Waals surface area (Å²) in [4.78, 5) is 43.1. The number of carbonyl (C=O) groups is 3. The first-order valence-electron chi connectivity index (χ1n) is 7.74. The Bertz CT molecular complexity index is 767. The number of esters is 2. The van der Waals surface area contributed by atoms with E-state index < -0.39 is 24.5 Å². The van der Waals surface area contributed by atoms with Crippen LogP contribution in [-0.2, 0) is 19.1 Å². The molecule has 0 fully saturated rings. The second kappa shape index (κ2) is 9.72. The first-order chi connectivity index (χ1) is 12.6. The zero-order valence-corrected chi connectivity index (χ0v) is 14.1. The quantitative estimate of drug-likeness (QED) is 0.677. The fourth-order valence-electron chi connectivity index (χ4n) is 1.95. The number of carbonyl (C=O) groups excluding carboxylic acids is 3. The van der Waals surface area contributed by atoms with E-state index in [0.717, 1.165) is 0 Å². The number of hydrogen-bond donors (Lipinski definition) is 2. The van der Waals surface area contributed by atoms with Crippen molar-refractivity contribution in [2.75, 3.05) is 30.9 Å². The number of ether oxygens (including phenoxy) is 2. The molecule has 1 aromatic carbocycles. The number of nitrogens with one attached hydrogen (secondary N) is 2. The minimum atomic E-state index is -0.577. The zero-order chi connectivity index (χ0) is 18.8. The predicted octanol–water partition coefficient (Wildman–Crippen LogP) is 1.25. The van der Waals surface area contributed by atoms with Crippen LogP contribution in [0.1, 0.15) is 16.8 Å². The molecule has 0 saturated heterocycles. The highest BCUT2D eigenvalue weighted by molar-refractivity contribution is 6.01. The largest absolute Gasteiger partial charge is 0.465 e. The maximum Gasteiger partial charge on any atom is 0.339 e. The van der Waals surface area contributed by atoms with E-state index in [9.17, 15) is 14.4 Å². The fraction of sp³-hybridized carbons (Fsp3) is 0.235. The SMILES string of the molecule is COC(=O)c1ccccc1NC(=O)COC(=O)CCNc1ncccn1. The smallest absolute Gasteiger partial charge is 0.339 e. The van der Waals surface area contributed by atoms with Crippen LogP contribution >= 0.6 is 0 Å². The van der Waals surface area contributed by atoms with Crippen molar-refractivity contribution in [1.29, 1.82) is 0 Å². The van der Waals surface area contributed by atoms with E-state index >= 15 is 0 Å². The lowest BCUT2D eigenvalue weighted by Crippen LogP contribution is -2.23. The molecule has 0 bridgehead atoms. The van der Waals surface area contributed by atoms with E-state index in [2.05, 4.69) is 25.3 Å². The number of amides is 1. The molecule has 0 spiro atoms. The van der Waals surface area contributed by atoms with Gasteiger partial charge in [-0.05, 0) is 18.2 Å². The van der Waals surface area contributed by atoms with Gasteiger partial charge in [-0.2, -0.15) is 0 Å². The molecular formula is C17H18N4O5. The Kier molecular flexibility index (Phi) is 7.04. The van der Waals surface area contributed by atoms with Crippen LogP contribution in [0.4, 0.5) is 11.6 Å². The van der Waals surface area contributed by atoms with Gasteiger partial charge < -0.3 is 20.1 Å². The molecule has 0 aliphatic rings. The number of methoxy groups -OCH3 is 1. The molecule has 9 nitrogen and oxygen atoms in total. The lowest BCUT2D eigenvalue weighted by molar-refractivity contribution is -0.147. The summed E-state index contributed by atoms with van der Waals surface area (Å²) in [5.41, 5.74) is 0.491. The molecule has 1 heterocycles. The van der Waals surface area contributed by atoms with Gasteiger partial charge in [0.15, 0.2) is 6.61 Å². The number of nitrogens with zero attached hydrogens (tertiary/aromatic N) is 2. The third-order valence-corrected chi connectivity index (χ3v) is 3.15. The van der Waals surface area contributed by atoms with E-state index in [1.54, 1.807) is 36.7 Å². The summed E-state index contributed by atoms with van der Waals surface area (Å²) in [6.45, 7) is -0.189. The molecular weight excluding hydrogens is 340 g/mol. The number of benzene rings is 1. The van der Waals surface area contributed by atoms with Crippen molar-refractivity contribution in [3.8, 4) is 0 Å². The lowest BCUT2D eigenvalue weighted by atomic mass is 10.2. The minimum Gasteiger partial charge on any atom is -0.465 e. The Hall–Kier alpha value is -3.49. The molecule has 9 heteroatoms. The first-order valence-corrected chi connectivity index (χ1v) is 7.74. The van der Waals surface area contributed by atoms with Crippen molar-refractivity contribution < 1.29 is 23.9 Å². The molecule has 0 saturated carbocycles. The molecule has 0 atom stereocenters. The van der Waals surface area contributed by atoms with Gasteiger partial charge in [0.25, 0.3) is 5.91 Å². The highest BCUT2D eigenvalue weighted by atomic mass is 16.5. The van der Waals surface area contributed by atoms with E-state index in [1.165, 1.54) is 13.2 Å². The molecule has 0 unspecified atom stereocenters. The summed E-state index contributed by atoms with van der Waals surface area (Å²) in [7, 11) is 1.25. The topological polar surface area (TPSA) is 120 Å². The van der Waals surface area contributed by atoms with Gasteiger partial charge in [-0.3, -0.25) is 9.59 Å². The third-order valence-electron chi connectivity index (χ3n) is 3.15. The Labute approximate surface area is 149 Å². The van der Waals surface area contributed by atoms with Gasteiger partial charge in [0.1, 0.15) is 0 Å². The number of anilines is 2. The van der Waals surface area contributed by atoms with Crippen LogP contribution in [0.3, 0.4) is 0 Å². The normalized spacial score (nSPS) is 9.88. The Morgan fingerprint density at radius 2 is 1.81 bits per heavy atom. The maximum atomic E-state index is 11.9. The average Bonchev–Trinajstić information content (AvgIpc) is 2.67. The molecule has 0 radical (unpaired) electrons. The van der Waals surface area contributed by atoms with Crippen LogP contribution in [0.15, 0.2) is 42.7 Å². The van der Waals surface area contributed by atoms with E-state index in [0.29, 0.717) is 5.95 Å². The standard InChI is InChI=1S/C17H18N4O5/c1-25-16(24)12-5-2-3-6-13(12)21-14(22)11-26-15(23)7-10-20-17-18-8-4-9-19-17/h2-6,8-9H,7,10-11H2,1H3,(H,21,22)(H,18,19,20). The van der Waals surface area contributed by atoms with Gasteiger partial charge in [0.2, 0.25) is 5.95 Å². The fourth-order valence-corrected chi connectivity index (χ4v) is 1.95. The van der Waals surface area contributed by atoms with Crippen molar-refractivity contribution in [2.24, 2.45) is 0 Å². The average molecular weight is 358 g/mol. The van der Waals surface area contributed by atoms with E-state index in [1.807, 2.05) is 0 Å². The van der Waals surface area contributed by atoms with Crippen molar-refractivity contribution in [2.45, 2.75) is 6.42 Å². The van der Waals surface area contributed by atoms with Crippen molar-refractivity contribution in [3.63, 3.8) is 0 Å². The number of para-hydroxylation sites is 1. The summed E-state index contributed by atoms with van der Waals surface area (Å²) in [6.07, 6.45) is 3.19. The highest BCUT2D eigenvalue weighted by Gasteiger charge is 2.14. The number of hydrogen-bond acceptors (Lipinski definition) is 8. The molecule has 26 heavy (non-hydrogen) atoms. The molecule has 0 aliphatic carbocycles. The summed E-state index contributed by atoms with van der Waals surface area (Å²) >= 11 is 0. The Balaban J connectivity index is 1.75. The maximum absolute atomic E-state index is 11.9. The molecule has 136 valence electrons. The van der Waals surface area contributed by atoms with Gasteiger partial charge in [-0.15, -0.1) is 0 Å². The second-order valence-electron chi connectivity index (χ2n) is 5.00. The van der Waals surface area contributed by atoms with Crippen LogP contribution in [0.2, 0.25) is 0 Å². The molecule has 1 amide bonds. The summed E-state index contributed by atoms with van der Waals surface area (Å²) < 4.78 is 9.54. The van der Waals surface area contributed by atoms with Crippen molar-refractivity contribution in [3.05, 3.63) is 48.3 Å². The minimum absolute atomic E-state index is 0.0459. The van der Waals surface area contributed by atoms with E-state index in [4.69, 9.17) is 4.74 Å². The summed E-state index contributed by atoms with van der Waals surface area (Å²) in [5, 5.41) is 5.36. The monoisotopic (exact) mass is 358 g/mol. The Morgan fingerprint density at radius 1 is 1.08 bits per heavy atom. The van der Waals surface area contributed by atoms with Gasteiger partial charge in [-0.25, -0.2) is 14.8 Å². The summed E-state index contributed by atoms with van der Waals surface area (Å²) in [5.74, 6) is -1.29. The van der Waals surface area contributed by atoms with Crippen LogP contribution in [0.25, 0.3) is 0 Å². The van der Waals surface area contributed by atoms with Crippen molar-refractivity contribution in [1.82, 2.24) is 9.97 Å². The van der Waals surface area contributed by atoms with Crippen LogP contribution in [-0.4, -0.2) is 48.1 Å². The molecule has 1 aromatic heterocycles. The van der Waals surface area contributed by atoms with Crippen molar-refractivity contribution >= 4 is 29.5 Å². The number of aromatic nitrogens is 2.